The van der Waals surface area contributed by atoms with Crippen LogP contribution in [0.2, 0.25) is 0 Å². The van der Waals surface area contributed by atoms with Gasteiger partial charge in [-0.1, -0.05) is 6.42 Å². The second kappa shape index (κ2) is 5.28. The van der Waals surface area contributed by atoms with E-state index in [2.05, 4.69) is 38.0 Å². The number of rotatable bonds is 3. The van der Waals surface area contributed by atoms with Crippen molar-refractivity contribution in [1.82, 2.24) is 9.80 Å². The molecule has 2 saturated carbocycles. The molecule has 2 fully saturated rings. The SMILES string of the molecule is CN(C)C(=NCCC1CC2CCC1C2)N(C)C. The van der Waals surface area contributed by atoms with E-state index in [9.17, 15) is 0 Å². The van der Waals surface area contributed by atoms with E-state index in [1.165, 1.54) is 32.1 Å². The van der Waals surface area contributed by atoms with E-state index in [4.69, 9.17) is 4.99 Å². The highest BCUT2D eigenvalue weighted by atomic mass is 15.3. The Bertz CT molecular complexity index is 273. The normalized spacial score (nSPS) is 30.5. The molecule has 3 unspecified atom stereocenters. The summed E-state index contributed by atoms with van der Waals surface area (Å²) in [4.78, 5) is 8.93. The highest BCUT2D eigenvalue weighted by Crippen LogP contribution is 2.49. The maximum atomic E-state index is 4.74. The molecular formula is C14H27N3. The van der Waals surface area contributed by atoms with E-state index in [0.717, 1.165) is 30.3 Å². The van der Waals surface area contributed by atoms with Gasteiger partial charge in [-0.05, 0) is 43.4 Å². The minimum atomic E-state index is 0.975. The average Bonchev–Trinajstić information content (AvgIpc) is 2.84. The molecule has 2 aliphatic carbocycles. The van der Waals surface area contributed by atoms with Crippen LogP contribution in [0.25, 0.3) is 0 Å². The zero-order chi connectivity index (χ0) is 12.4. The molecule has 0 aliphatic heterocycles. The molecule has 17 heavy (non-hydrogen) atoms. The molecular weight excluding hydrogens is 210 g/mol. The molecule has 2 bridgehead atoms. The predicted octanol–water partition coefficient (Wildman–Crippen LogP) is 2.29. The van der Waals surface area contributed by atoms with Gasteiger partial charge in [0.2, 0.25) is 0 Å². The lowest BCUT2D eigenvalue weighted by molar-refractivity contribution is 0.317. The number of hydrogen-bond acceptors (Lipinski definition) is 1. The van der Waals surface area contributed by atoms with E-state index in [1.54, 1.807) is 0 Å². The Morgan fingerprint density at radius 2 is 1.76 bits per heavy atom. The fourth-order valence-electron chi connectivity index (χ4n) is 3.74. The molecule has 0 amide bonds. The van der Waals surface area contributed by atoms with Gasteiger partial charge in [-0.3, -0.25) is 4.99 Å². The molecule has 3 atom stereocenters. The lowest BCUT2D eigenvalue weighted by Gasteiger charge is -2.24. The first-order valence-electron chi connectivity index (χ1n) is 6.97. The summed E-state index contributed by atoms with van der Waals surface area (Å²) in [6.07, 6.45) is 7.30. The van der Waals surface area contributed by atoms with Gasteiger partial charge in [0, 0.05) is 34.7 Å². The van der Waals surface area contributed by atoms with E-state index in [1.807, 2.05) is 0 Å². The maximum absolute atomic E-state index is 4.74. The van der Waals surface area contributed by atoms with Crippen LogP contribution in [0.15, 0.2) is 4.99 Å². The molecule has 2 rings (SSSR count). The first kappa shape index (κ1) is 12.7. The van der Waals surface area contributed by atoms with Crippen molar-refractivity contribution in [2.75, 3.05) is 34.7 Å². The quantitative estimate of drug-likeness (QED) is 0.554. The molecule has 2 aliphatic rings. The van der Waals surface area contributed by atoms with Gasteiger partial charge in [0.1, 0.15) is 0 Å². The molecule has 0 spiro atoms. The van der Waals surface area contributed by atoms with Crippen LogP contribution in [0.1, 0.15) is 32.1 Å². The van der Waals surface area contributed by atoms with Crippen molar-refractivity contribution in [3.63, 3.8) is 0 Å². The highest BCUT2D eigenvalue weighted by molar-refractivity contribution is 5.79. The van der Waals surface area contributed by atoms with Crippen LogP contribution in [-0.2, 0) is 0 Å². The number of guanidine groups is 1. The van der Waals surface area contributed by atoms with E-state index in [-0.39, 0.29) is 0 Å². The van der Waals surface area contributed by atoms with Gasteiger partial charge in [-0.15, -0.1) is 0 Å². The fourth-order valence-corrected chi connectivity index (χ4v) is 3.74. The Labute approximate surface area is 106 Å². The Hall–Kier alpha value is -0.730. The Morgan fingerprint density at radius 1 is 1.06 bits per heavy atom. The molecule has 0 radical (unpaired) electrons. The zero-order valence-corrected chi connectivity index (χ0v) is 11.8. The minimum absolute atomic E-state index is 0.975. The summed E-state index contributed by atoms with van der Waals surface area (Å²) in [5.41, 5.74) is 0. The first-order valence-corrected chi connectivity index (χ1v) is 6.97. The summed E-state index contributed by atoms with van der Waals surface area (Å²) in [6, 6.07) is 0. The molecule has 0 heterocycles. The van der Waals surface area contributed by atoms with Crippen molar-refractivity contribution in [3.8, 4) is 0 Å². The third-order valence-corrected chi connectivity index (χ3v) is 4.44. The second-order valence-corrected chi connectivity index (χ2v) is 6.19. The summed E-state index contributed by atoms with van der Waals surface area (Å²) in [7, 11) is 8.26. The van der Waals surface area contributed by atoms with Crippen molar-refractivity contribution in [1.29, 1.82) is 0 Å². The lowest BCUT2D eigenvalue weighted by atomic mass is 9.86. The van der Waals surface area contributed by atoms with Gasteiger partial charge in [-0.2, -0.15) is 0 Å². The predicted molar refractivity (Wildman–Crippen MR) is 73.2 cm³/mol. The van der Waals surface area contributed by atoms with Crippen LogP contribution in [0.5, 0.6) is 0 Å². The first-order chi connectivity index (χ1) is 8.08. The van der Waals surface area contributed by atoms with E-state index < -0.39 is 0 Å². The van der Waals surface area contributed by atoms with Crippen LogP contribution < -0.4 is 0 Å². The summed E-state index contributed by atoms with van der Waals surface area (Å²) in [6.45, 7) is 1.000. The van der Waals surface area contributed by atoms with Crippen molar-refractivity contribution >= 4 is 5.96 Å². The van der Waals surface area contributed by atoms with Crippen LogP contribution >= 0.6 is 0 Å². The minimum Gasteiger partial charge on any atom is -0.349 e. The number of aliphatic imine (C=N–C) groups is 1. The van der Waals surface area contributed by atoms with Crippen LogP contribution in [-0.4, -0.2) is 50.5 Å². The fraction of sp³-hybridized carbons (Fsp3) is 0.929. The van der Waals surface area contributed by atoms with E-state index >= 15 is 0 Å². The Morgan fingerprint density at radius 3 is 2.24 bits per heavy atom. The maximum Gasteiger partial charge on any atom is 0.195 e. The number of fused-ring (bicyclic) bond motifs is 2. The molecule has 0 aromatic heterocycles. The van der Waals surface area contributed by atoms with Crippen LogP contribution in [0.3, 0.4) is 0 Å². The monoisotopic (exact) mass is 237 g/mol. The van der Waals surface area contributed by atoms with Crippen LogP contribution in [0.4, 0.5) is 0 Å². The smallest absolute Gasteiger partial charge is 0.195 e. The second-order valence-electron chi connectivity index (χ2n) is 6.19. The Balaban J connectivity index is 1.80. The molecule has 0 saturated heterocycles. The van der Waals surface area contributed by atoms with Gasteiger partial charge in [0.15, 0.2) is 5.96 Å². The third kappa shape index (κ3) is 2.93. The van der Waals surface area contributed by atoms with Gasteiger partial charge < -0.3 is 9.80 Å². The van der Waals surface area contributed by atoms with Crippen molar-refractivity contribution in [2.24, 2.45) is 22.7 Å². The summed E-state index contributed by atoms with van der Waals surface area (Å²) < 4.78 is 0. The van der Waals surface area contributed by atoms with Crippen molar-refractivity contribution < 1.29 is 0 Å². The highest BCUT2D eigenvalue weighted by Gasteiger charge is 2.38. The zero-order valence-electron chi connectivity index (χ0n) is 11.8. The lowest BCUT2D eigenvalue weighted by Crippen LogP contribution is -2.35. The summed E-state index contributed by atoms with van der Waals surface area (Å²) in [5, 5.41) is 0. The van der Waals surface area contributed by atoms with Gasteiger partial charge in [-0.25, -0.2) is 0 Å². The summed E-state index contributed by atoms with van der Waals surface area (Å²) in [5.74, 6) is 4.17. The molecule has 0 aromatic carbocycles. The third-order valence-electron chi connectivity index (χ3n) is 4.44. The van der Waals surface area contributed by atoms with Crippen molar-refractivity contribution in [3.05, 3.63) is 0 Å². The van der Waals surface area contributed by atoms with Crippen LogP contribution in [0, 0.1) is 17.8 Å². The molecule has 3 heteroatoms. The van der Waals surface area contributed by atoms with Gasteiger partial charge >= 0.3 is 0 Å². The Kier molecular flexibility index (Phi) is 3.95. The standard InChI is InChI=1S/C14H27N3/c1-16(2)14(17(3)4)15-8-7-13-10-11-5-6-12(13)9-11/h11-13H,5-10H2,1-4H3. The van der Waals surface area contributed by atoms with Gasteiger partial charge in [0.05, 0.1) is 0 Å². The average molecular weight is 237 g/mol. The van der Waals surface area contributed by atoms with Gasteiger partial charge in [0.25, 0.3) is 0 Å². The number of hydrogen-bond donors (Lipinski definition) is 0. The number of nitrogens with zero attached hydrogens (tertiary/aromatic N) is 3. The molecule has 3 nitrogen and oxygen atoms in total. The topological polar surface area (TPSA) is 18.8 Å². The van der Waals surface area contributed by atoms with Crippen molar-refractivity contribution in [2.45, 2.75) is 32.1 Å². The van der Waals surface area contributed by atoms with E-state index in [0.29, 0.717) is 0 Å². The largest absolute Gasteiger partial charge is 0.349 e. The molecule has 0 aromatic rings. The molecule has 98 valence electrons. The molecule has 0 N–H and O–H groups in total. The summed E-state index contributed by atoms with van der Waals surface area (Å²) >= 11 is 0.